The fourth-order valence-electron chi connectivity index (χ4n) is 1.85. The molecule has 18 heavy (non-hydrogen) atoms. The lowest BCUT2D eigenvalue weighted by atomic mass is 10.3. The van der Waals surface area contributed by atoms with Crippen molar-refractivity contribution in [3.63, 3.8) is 0 Å². The molecular weight excluding hydrogens is 254 g/mol. The van der Waals surface area contributed by atoms with E-state index in [4.69, 9.17) is 10.5 Å². The van der Waals surface area contributed by atoms with E-state index in [1.807, 2.05) is 12.1 Å². The van der Waals surface area contributed by atoms with Crippen LogP contribution in [0.15, 0.2) is 24.4 Å². The molecule has 1 aromatic rings. The number of ether oxygens (including phenoxy) is 1. The van der Waals surface area contributed by atoms with Gasteiger partial charge in [0.2, 0.25) is 10.0 Å². The summed E-state index contributed by atoms with van der Waals surface area (Å²) in [6.07, 6.45) is 1.47. The van der Waals surface area contributed by atoms with Crippen molar-refractivity contribution < 1.29 is 13.2 Å². The predicted molar refractivity (Wildman–Crippen MR) is 67.2 cm³/mol. The summed E-state index contributed by atoms with van der Waals surface area (Å²) in [6, 6.07) is 5.46. The number of morpholine rings is 1. The molecule has 2 heterocycles. The standard InChI is InChI=1S/C11H17N3O3S/c12-11-9-17-7-6-14(11)18(15,16)8-4-10-3-1-2-5-13-10/h1-3,5,11H,4,6-9,12H2. The molecule has 0 aromatic carbocycles. The number of rotatable bonds is 4. The van der Waals surface area contributed by atoms with Gasteiger partial charge in [-0.25, -0.2) is 8.42 Å². The fraction of sp³-hybridized carbons (Fsp3) is 0.545. The average Bonchev–Trinajstić information content (AvgIpc) is 2.38. The minimum absolute atomic E-state index is 0.0255. The Hall–Kier alpha value is -1.02. The summed E-state index contributed by atoms with van der Waals surface area (Å²) in [5.74, 6) is 0.0255. The molecule has 1 aliphatic rings. The smallest absolute Gasteiger partial charge is 0.216 e. The van der Waals surface area contributed by atoms with E-state index in [2.05, 4.69) is 4.98 Å². The number of hydrogen-bond acceptors (Lipinski definition) is 5. The van der Waals surface area contributed by atoms with Crippen LogP contribution >= 0.6 is 0 Å². The van der Waals surface area contributed by atoms with Gasteiger partial charge in [-0.15, -0.1) is 0 Å². The van der Waals surface area contributed by atoms with E-state index in [-0.39, 0.29) is 12.4 Å². The van der Waals surface area contributed by atoms with Crippen molar-refractivity contribution in [2.24, 2.45) is 5.73 Å². The summed E-state index contributed by atoms with van der Waals surface area (Å²) in [5.41, 5.74) is 6.51. The van der Waals surface area contributed by atoms with Gasteiger partial charge in [-0.1, -0.05) is 6.07 Å². The van der Waals surface area contributed by atoms with Crippen LogP contribution in [0.25, 0.3) is 0 Å². The third-order valence-corrected chi connectivity index (χ3v) is 4.70. The number of pyridine rings is 1. The van der Waals surface area contributed by atoms with E-state index in [9.17, 15) is 8.42 Å². The molecule has 0 spiro atoms. The zero-order valence-electron chi connectivity index (χ0n) is 10.0. The van der Waals surface area contributed by atoms with Crippen LogP contribution in [0.2, 0.25) is 0 Å². The summed E-state index contributed by atoms with van der Waals surface area (Å²) in [5, 5.41) is 0. The van der Waals surface area contributed by atoms with E-state index in [0.29, 0.717) is 19.6 Å². The van der Waals surface area contributed by atoms with Crippen LogP contribution in [-0.2, 0) is 21.2 Å². The molecule has 1 aromatic heterocycles. The van der Waals surface area contributed by atoms with Crippen LogP contribution in [0.1, 0.15) is 5.69 Å². The second kappa shape index (κ2) is 5.75. The highest BCUT2D eigenvalue weighted by molar-refractivity contribution is 7.89. The van der Waals surface area contributed by atoms with Crippen LogP contribution in [0.3, 0.4) is 0 Å². The Kier molecular flexibility index (Phi) is 4.28. The van der Waals surface area contributed by atoms with Gasteiger partial charge in [-0.3, -0.25) is 4.98 Å². The number of aryl methyl sites for hydroxylation is 1. The largest absolute Gasteiger partial charge is 0.377 e. The van der Waals surface area contributed by atoms with Crippen molar-refractivity contribution in [3.05, 3.63) is 30.1 Å². The van der Waals surface area contributed by atoms with Gasteiger partial charge >= 0.3 is 0 Å². The number of nitrogens with two attached hydrogens (primary N) is 1. The Morgan fingerprint density at radius 2 is 2.33 bits per heavy atom. The molecule has 0 amide bonds. The second-order valence-electron chi connectivity index (χ2n) is 4.14. The Morgan fingerprint density at radius 1 is 1.50 bits per heavy atom. The first-order valence-corrected chi connectivity index (χ1v) is 7.43. The summed E-state index contributed by atoms with van der Waals surface area (Å²) in [7, 11) is -3.34. The average molecular weight is 271 g/mol. The normalized spacial score (nSPS) is 21.9. The molecule has 1 aliphatic heterocycles. The predicted octanol–water partition coefficient (Wildman–Crippen LogP) is -0.429. The van der Waals surface area contributed by atoms with Gasteiger partial charge in [0.1, 0.15) is 0 Å². The molecule has 1 atom stereocenters. The zero-order chi connectivity index (χ0) is 13.0. The topological polar surface area (TPSA) is 85.5 Å². The lowest BCUT2D eigenvalue weighted by Gasteiger charge is -2.31. The first-order valence-electron chi connectivity index (χ1n) is 5.82. The fourth-order valence-corrected chi connectivity index (χ4v) is 3.38. The van der Waals surface area contributed by atoms with Gasteiger partial charge in [-0.2, -0.15) is 4.31 Å². The molecule has 1 fully saturated rings. The Morgan fingerprint density at radius 3 is 3.00 bits per heavy atom. The van der Waals surface area contributed by atoms with E-state index < -0.39 is 16.2 Å². The SMILES string of the molecule is NC1COCCN1S(=O)(=O)CCc1ccccn1. The molecule has 0 saturated carbocycles. The van der Waals surface area contributed by atoms with E-state index in [1.165, 1.54) is 4.31 Å². The third-order valence-electron chi connectivity index (χ3n) is 2.81. The van der Waals surface area contributed by atoms with Crippen molar-refractivity contribution in [2.75, 3.05) is 25.5 Å². The molecule has 0 radical (unpaired) electrons. The minimum atomic E-state index is -3.34. The van der Waals surface area contributed by atoms with Crippen molar-refractivity contribution >= 4 is 10.0 Å². The highest BCUT2D eigenvalue weighted by Crippen LogP contribution is 2.10. The minimum Gasteiger partial charge on any atom is -0.377 e. The van der Waals surface area contributed by atoms with Gasteiger partial charge in [-0.05, 0) is 12.1 Å². The Labute approximate surface area is 107 Å². The molecule has 6 nitrogen and oxygen atoms in total. The van der Waals surface area contributed by atoms with Crippen LogP contribution in [0, 0.1) is 0 Å². The summed E-state index contributed by atoms with van der Waals surface area (Å²) >= 11 is 0. The molecule has 0 aliphatic carbocycles. The third kappa shape index (κ3) is 3.26. The maximum atomic E-state index is 12.1. The lowest BCUT2D eigenvalue weighted by molar-refractivity contribution is 0.0350. The lowest BCUT2D eigenvalue weighted by Crippen LogP contribution is -2.54. The van der Waals surface area contributed by atoms with Crippen molar-refractivity contribution in [3.8, 4) is 0 Å². The van der Waals surface area contributed by atoms with Crippen molar-refractivity contribution in [2.45, 2.75) is 12.6 Å². The molecule has 2 rings (SSSR count). The molecule has 0 bridgehead atoms. The quantitative estimate of drug-likeness (QED) is 0.803. The molecule has 2 N–H and O–H groups in total. The van der Waals surface area contributed by atoms with Gasteiger partial charge in [0.05, 0.1) is 25.1 Å². The molecular formula is C11H17N3O3S. The number of hydrogen-bond donors (Lipinski definition) is 1. The summed E-state index contributed by atoms with van der Waals surface area (Å²) in [6.45, 7) is 0.977. The highest BCUT2D eigenvalue weighted by atomic mass is 32.2. The van der Waals surface area contributed by atoms with Crippen LogP contribution in [-0.4, -0.2) is 49.4 Å². The monoisotopic (exact) mass is 271 g/mol. The summed E-state index contributed by atoms with van der Waals surface area (Å²) in [4.78, 5) is 4.11. The highest BCUT2D eigenvalue weighted by Gasteiger charge is 2.30. The van der Waals surface area contributed by atoms with Crippen LogP contribution in [0.4, 0.5) is 0 Å². The van der Waals surface area contributed by atoms with Crippen LogP contribution < -0.4 is 5.73 Å². The van der Waals surface area contributed by atoms with Gasteiger partial charge in [0, 0.05) is 24.9 Å². The van der Waals surface area contributed by atoms with E-state index in [1.54, 1.807) is 12.3 Å². The van der Waals surface area contributed by atoms with Gasteiger partial charge in [0.25, 0.3) is 0 Å². The van der Waals surface area contributed by atoms with E-state index in [0.717, 1.165) is 5.69 Å². The Bertz CT molecular complexity index is 478. The molecule has 1 unspecified atom stereocenters. The maximum absolute atomic E-state index is 12.1. The maximum Gasteiger partial charge on any atom is 0.216 e. The Balaban J connectivity index is 1.99. The van der Waals surface area contributed by atoms with Crippen molar-refractivity contribution in [1.29, 1.82) is 0 Å². The molecule has 7 heteroatoms. The first-order chi connectivity index (χ1) is 8.59. The molecule has 100 valence electrons. The number of aromatic nitrogens is 1. The number of sulfonamides is 1. The number of nitrogens with zero attached hydrogens (tertiary/aromatic N) is 2. The molecule has 1 saturated heterocycles. The van der Waals surface area contributed by atoms with Gasteiger partial charge in [0.15, 0.2) is 0 Å². The van der Waals surface area contributed by atoms with Crippen molar-refractivity contribution in [1.82, 2.24) is 9.29 Å². The summed E-state index contributed by atoms with van der Waals surface area (Å²) < 4.78 is 30.7. The first kappa shape index (κ1) is 13.4. The van der Waals surface area contributed by atoms with E-state index >= 15 is 0 Å². The van der Waals surface area contributed by atoms with Crippen LogP contribution in [0.5, 0.6) is 0 Å². The zero-order valence-corrected chi connectivity index (χ0v) is 10.8. The van der Waals surface area contributed by atoms with Gasteiger partial charge < -0.3 is 10.5 Å². The second-order valence-corrected chi connectivity index (χ2v) is 6.18.